The van der Waals surface area contributed by atoms with Gasteiger partial charge in [0.25, 0.3) is 0 Å². The van der Waals surface area contributed by atoms with Crippen LogP contribution in [0.2, 0.25) is 0 Å². The Labute approximate surface area is 185 Å². The van der Waals surface area contributed by atoms with Crippen molar-refractivity contribution in [1.82, 2.24) is 19.5 Å². The largest absolute Gasteiger partial charge is 0.466 e. The van der Waals surface area contributed by atoms with E-state index in [-0.39, 0.29) is 23.0 Å². The first-order valence-corrected chi connectivity index (χ1v) is 10.3. The van der Waals surface area contributed by atoms with Crippen LogP contribution in [0, 0.1) is 5.92 Å². The van der Waals surface area contributed by atoms with E-state index in [0.717, 1.165) is 5.57 Å². The van der Waals surface area contributed by atoms with Gasteiger partial charge in [-0.05, 0) is 19.3 Å². The second kappa shape index (κ2) is 9.77. The Balaban J connectivity index is 0.000000187. The quantitative estimate of drug-likeness (QED) is 0.300. The molecule has 3 unspecified atom stereocenters. The summed E-state index contributed by atoms with van der Waals surface area (Å²) in [5.74, 6) is 0.301. The summed E-state index contributed by atoms with van der Waals surface area (Å²) in [6.07, 6.45) is 6.18. The molecule has 0 amide bonds. The van der Waals surface area contributed by atoms with Crippen LogP contribution in [0.15, 0.2) is 36.5 Å². The number of hydrogen-bond acceptors (Lipinski definition) is 10. The van der Waals surface area contributed by atoms with E-state index in [9.17, 15) is 15.0 Å². The number of nitrogens with two attached hydrogens (primary N) is 1. The lowest BCUT2D eigenvalue weighted by Gasteiger charge is -2.16. The van der Waals surface area contributed by atoms with Gasteiger partial charge in [-0.15, -0.1) is 0 Å². The molecule has 0 saturated carbocycles. The Morgan fingerprint density at radius 2 is 2.03 bits per heavy atom. The molecule has 0 aromatic carbocycles. The second-order valence-corrected chi connectivity index (χ2v) is 8.06. The van der Waals surface area contributed by atoms with Crippen molar-refractivity contribution in [3.63, 3.8) is 0 Å². The number of anilines is 1. The second-order valence-electron chi connectivity index (χ2n) is 7.46. The Morgan fingerprint density at radius 1 is 1.29 bits per heavy atom. The third-order valence-corrected chi connectivity index (χ3v) is 5.90. The van der Waals surface area contributed by atoms with Crippen molar-refractivity contribution >= 4 is 35.6 Å². The molecule has 0 spiro atoms. The summed E-state index contributed by atoms with van der Waals surface area (Å²) in [7, 11) is 1.40. The molecule has 168 valence electrons. The number of aliphatic hydroxyl groups is 2. The molecule has 10 nitrogen and oxygen atoms in total. The Bertz CT molecular complexity index is 993. The number of nitrogens with zero attached hydrogens (tertiary/aromatic N) is 4. The molecule has 1 saturated heterocycles. The number of nitrogen functional groups attached to an aromatic ring is 1. The summed E-state index contributed by atoms with van der Waals surface area (Å²) < 4.78 is 11.7. The van der Waals surface area contributed by atoms with E-state index >= 15 is 0 Å². The molecule has 4 N–H and O–H groups in total. The summed E-state index contributed by atoms with van der Waals surface area (Å²) in [6.45, 7) is 3.73. The lowest BCUT2D eigenvalue weighted by atomic mass is 10.1. The van der Waals surface area contributed by atoms with E-state index in [0.29, 0.717) is 17.6 Å². The van der Waals surface area contributed by atoms with Crippen LogP contribution in [0.1, 0.15) is 26.5 Å². The first kappa shape index (κ1) is 23.2. The number of imidazole rings is 1. The van der Waals surface area contributed by atoms with Crippen molar-refractivity contribution in [2.45, 2.75) is 50.1 Å². The number of carbonyl (C=O) groups is 1. The highest BCUT2D eigenvalue weighted by Crippen LogP contribution is 2.31. The zero-order valence-corrected chi connectivity index (χ0v) is 18.4. The highest BCUT2D eigenvalue weighted by atomic mass is 32.1. The molecule has 0 bridgehead atoms. The number of hydrogen-bond donors (Lipinski definition) is 4. The van der Waals surface area contributed by atoms with Gasteiger partial charge in [0.15, 0.2) is 17.7 Å². The SMILES string of the molecule is CC1O[C@@H](n2cnc3c(N)ncnc32)[C@H](O)[C@@H]1O.COC(=O)C1=CC(C)C(S)C=CC1. The highest BCUT2D eigenvalue weighted by molar-refractivity contribution is 7.81. The number of carbonyl (C=O) groups excluding carboxylic acids is 1. The van der Waals surface area contributed by atoms with E-state index in [1.807, 2.05) is 25.2 Å². The Kier molecular flexibility index (Phi) is 7.31. The lowest BCUT2D eigenvalue weighted by molar-refractivity contribution is -0.136. The number of esters is 1. The molecule has 31 heavy (non-hydrogen) atoms. The van der Waals surface area contributed by atoms with Crippen LogP contribution in [0.5, 0.6) is 0 Å². The topological polar surface area (TPSA) is 146 Å². The minimum Gasteiger partial charge on any atom is -0.466 e. The maximum atomic E-state index is 11.2. The van der Waals surface area contributed by atoms with Crippen molar-refractivity contribution in [3.05, 3.63) is 36.5 Å². The maximum absolute atomic E-state index is 11.2. The van der Waals surface area contributed by atoms with Crippen molar-refractivity contribution < 1.29 is 24.5 Å². The predicted octanol–water partition coefficient (Wildman–Crippen LogP) is 1.03. The van der Waals surface area contributed by atoms with Crippen molar-refractivity contribution in [2.75, 3.05) is 12.8 Å². The average molecular weight is 450 g/mol. The number of methoxy groups -OCH3 is 1. The van der Waals surface area contributed by atoms with Crippen molar-refractivity contribution in [3.8, 4) is 0 Å². The van der Waals surface area contributed by atoms with Crippen molar-refractivity contribution in [2.24, 2.45) is 5.92 Å². The number of rotatable bonds is 2. The Hall–Kier alpha value is -2.47. The summed E-state index contributed by atoms with van der Waals surface area (Å²) in [6, 6.07) is 0. The van der Waals surface area contributed by atoms with Crippen LogP contribution in [0.4, 0.5) is 5.82 Å². The van der Waals surface area contributed by atoms with Gasteiger partial charge in [-0.25, -0.2) is 19.7 Å². The number of aliphatic hydroxyl groups excluding tert-OH is 2. The summed E-state index contributed by atoms with van der Waals surface area (Å²) >= 11 is 4.38. The predicted molar refractivity (Wildman–Crippen MR) is 117 cm³/mol. The van der Waals surface area contributed by atoms with Gasteiger partial charge < -0.3 is 25.4 Å². The molecule has 1 aliphatic carbocycles. The molecule has 2 aromatic heterocycles. The summed E-state index contributed by atoms with van der Waals surface area (Å²) in [4.78, 5) is 23.2. The average Bonchev–Trinajstić information content (AvgIpc) is 3.24. The number of thiol groups is 1. The molecular weight excluding hydrogens is 422 g/mol. The highest BCUT2D eigenvalue weighted by Gasteiger charge is 2.42. The molecule has 2 aromatic rings. The number of ether oxygens (including phenoxy) is 2. The molecule has 3 heterocycles. The summed E-state index contributed by atoms with van der Waals surface area (Å²) in [5, 5.41) is 19.8. The van der Waals surface area contributed by atoms with Gasteiger partial charge in [0.05, 0.1) is 19.5 Å². The molecule has 1 fully saturated rings. The molecule has 0 radical (unpaired) electrons. The van der Waals surface area contributed by atoms with Gasteiger partial charge in [-0.1, -0.05) is 25.2 Å². The van der Waals surface area contributed by atoms with E-state index in [1.54, 1.807) is 11.5 Å². The number of fused-ring (bicyclic) bond motifs is 1. The molecule has 1 aliphatic heterocycles. The molecule has 4 rings (SSSR count). The smallest absolute Gasteiger partial charge is 0.333 e. The molecule has 2 aliphatic rings. The fourth-order valence-corrected chi connectivity index (χ4v) is 3.60. The zero-order chi connectivity index (χ0) is 22.7. The van der Waals surface area contributed by atoms with E-state index < -0.39 is 24.5 Å². The normalized spacial score (nSPS) is 30.3. The fraction of sp³-hybridized carbons (Fsp3) is 0.500. The third-order valence-electron chi connectivity index (χ3n) is 5.26. The van der Waals surface area contributed by atoms with Gasteiger partial charge in [0.2, 0.25) is 0 Å². The monoisotopic (exact) mass is 449 g/mol. The standard InChI is InChI=1S/C10H13N5O3.C10H14O2S/c1-4-6(16)7(17)10(18-4)15-3-14-5-8(11)12-2-13-9(5)15;1-7-6-8(10(11)12-2)4-3-5-9(7)13/h2-4,6-7,10,16-17H,1H3,(H2,11,12,13);3,5-7,9,13H,4H2,1-2H3/t4?,6-,7-,10-;/m1./s1. The van der Waals surface area contributed by atoms with Crippen LogP contribution in [0.3, 0.4) is 0 Å². The number of aromatic nitrogens is 4. The minimum absolute atomic E-state index is 0.196. The van der Waals surface area contributed by atoms with Crippen LogP contribution in [0.25, 0.3) is 11.2 Å². The van der Waals surface area contributed by atoms with Gasteiger partial charge >= 0.3 is 5.97 Å². The van der Waals surface area contributed by atoms with E-state index in [2.05, 4.69) is 32.3 Å². The first-order chi connectivity index (χ1) is 14.7. The zero-order valence-electron chi connectivity index (χ0n) is 17.5. The minimum atomic E-state index is -1.03. The fourth-order valence-electron chi connectivity index (χ4n) is 3.39. The van der Waals surface area contributed by atoms with Crippen LogP contribution >= 0.6 is 12.6 Å². The van der Waals surface area contributed by atoms with Gasteiger partial charge in [0, 0.05) is 10.8 Å². The lowest BCUT2D eigenvalue weighted by Crippen LogP contribution is -2.30. The van der Waals surface area contributed by atoms with Gasteiger partial charge in [0.1, 0.15) is 24.1 Å². The Morgan fingerprint density at radius 3 is 2.68 bits per heavy atom. The van der Waals surface area contributed by atoms with Gasteiger partial charge in [-0.2, -0.15) is 12.6 Å². The van der Waals surface area contributed by atoms with Crippen molar-refractivity contribution in [1.29, 1.82) is 0 Å². The maximum Gasteiger partial charge on any atom is 0.333 e. The first-order valence-electron chi connectivity index (χ1n) is 9.83. The van der Waals surface area contributed by atoms with E-state index in [4.69, 9.17) is 10.5 Å². The van der Waals surface area contributed by atoms with Crippen LogP contribution in [-0.4, -0.2) is 66.4 Å². The molecular formula is C20H27N5O5S. The van der Waals surface area contributed by atoms with Crippen LogP contribution < -0.4 is 5.73 Å². The third kappa shape index (κ3) is 4.90. The van der Waals surface area contributed by atoms with Gasteiger partial charge in [-0.3, -0.25) is 4.57 Å². The molecule has 6 atom stereocenters. The van der Waals surface area contributed by atoms with Crippen LogP contribution in [-0.2, 0) is 14.3 Å². The number of allylic oxidation sites excluding steroid dienone is 2. The van der Waals surface area contributed by atoms with E-state index in [1.165, 1.54) is 19.8 Å². The molecule has 11 heteroatoms. The summed E-state index contributed by atoms with van der Waals surface area (Å²) in [5.41, 5.74) is 7.31.